The molecular formula is C19H17NO2. The van der Waals surface area contributed by atoms with Gasteiger partial charge in [-0.1, -0.05) is 60.7 Å². The van der Waals surface area contributed by atoms with E-state index in [1.807, 2.05) is 42.6 Å². The van der Waals surface area contributed by atoms with Crippen LogP contribution in [0.25, 0.3) is 0 Å². The van der Waals surface area contributed by atoms with Crippen LogP contribution in [0, 0.1) is 0 Å². The minimum Gasteiger partial charge on any atom is -0.444 e. The number of carbonyl (C=O) groups excluding carboxylic acids is 1. The van der Waals surface area contributed by atoms with E-state index in [1.165, 1.54) is 11.1 Å². The first-order chi connectivity index (χ1) is 10.8. The van der Waals surface area contributed by atoms with Gasteiger partial charge in [0, 0.05) is 12.1 Å². The Bertz CT molecular complexity index is 723. The Balaban J connectivity index is 1.51. The van der Waals surface area contributed by atoms with Gasteiger partial charge in [-0.05, 0) is 23.1 Å². The van der Waals surface area contributed by atoms with E-state index >= 15 is 0 Å². The molecule has 0 N–H and O–H groups in total. The maximum atomic E-state index is 12.4. The lowest BCUT2D eigenvalue weighted by Gasteiger charge is -2.28. The van der Waals surface area contributed by atoms with Gasteiger partial charge in [0.25, 0.3) is 0 Å². The number of ether oxygens (including phenoxy) is 1. The van der Waals surface area contributed by atoms with Crippen LogP contribution in [0.15, 0.2) is 66.9 Å². The Morgan fingerprint density at radius 3 is 2.59 bits per heavy atom. The molecule has 1 aliphatic heterocycles. The molecule has 1 amide bonds. The molecule has 1 heterocycles. The zero-order chi connectivity index (χ0) is 14.9. The van der Waals surface area contributed by atoms with Crippen molar-refractivity contribution in [2.45, 2.75) is 25.0 Å². The van der Waals surface area contributed by atoms with Crippen molar-refractivity contribution < 1.29 is 9.53 Å². The van der Waals surface area contributed by atoms with Crippen LogP contribution in [0.3, 0.4) is 0 Å². The Morgan fingerprint density at radius 2 is 1.77 bits per heavy atom. The molecule has 2 aromatic carbocycles. The van der Waals surface area contributed by atoms with Crippen molar-refractivity contribution in [3.63, 3.8) is 0 Å². The van der Waals surface area contributed by atoms with E-state index in [-0.39, 0.29) is 12.1 Å². The van der Waals surface area contributed by atoms with Crippen LogP contribution >= 0.6 is 0 Å². The number of nitrogens with zero attached hydrogens (tertiary/aromatic N) is 1. The molecule has 2 aromatic rings. The SMILES string of the molecule is O=C(OCc1ccccc1)N1C=CC2CC1c1ccccc12. The third kappa shape index (κ3) is 2.19. The van der Waals surface area contributed by atoms with Gasteiger partial charge >= 0.3 is 6.09 Å². The average Bonchev–Trinajstić information content (AvgIpc) is 2.87. The fraction of sp³-hybridized carbons (Fsp3) is 0.211. The maximum absolute atomic E-state index is 12.4. The van der Waals surface area contributed by atoms with Gasteiger partial charge in [-0.25, -0.2) is 4.79 Å². The second-order valence-electron chi connectivity index (χ2n) is 5.78. The zero-order valence-electron chi connectivity index (χ0n) is 12.2. The number of rotatable bonds is 2. The number of fused-ring (bicyclic) bond motifs is 5. The first-order valence-corrected chi connectivity index (χ1v) is 7.59. The molecule has 0 fully saturated rings. The van der Waals surface area contributed by atoms with Gasteiger partial charge in [0.05, 0.1) is 6.04 Å². The Labute approximate surface area is 129 Å². The zero-order valence-corrected chi connectivity index (χ0v) is 12.2. The predicted molar refractivity (Wildman–Crippen MR) is 84.1 cm³/mol. The van der Waals surface area contributed by atoms with E-state index in [0.29, 0.717) is 12.5 Å². The topological polar surface area (TPSA) is 29.5 Å². The van der Waals surface area contributed by atoms with Gasteiger partial charge in [-0.15, -0.1) is 0 Å². The molecule has 2 unspecified atom stereocenters. The van der Waals surface area contributed by atoms with Gasteiger partial charge in [-0.2, -0.15) is 0 Å². The number of carbonyl (C=O) groups is 1. The minimum absolute atomic E-state index is 0.106. The smallest absolute Gasteiger partial charge is 0.414 e. The molecule has 2 atom stereocenters. The summed E-state index contributed by atoms with van der Waals surface area (Å²) in [5.74, 6) is 0.430. The van der Waals surface area contributed by atoms with E-state index in [9.17, 15) is 4.79 Å². The molecule has 3 heteroatoms. The van der Waals surface area contributed by atoms with Crippen LogP contribution in [0.2, 0.25) is 0 Å². The van der Waals surface area contributed by atoms with Crippen molar-refractivity contribution in [3.05, 3.63) is 83.6 Å². The van der Waals surface area contributed by atoms with Crippen molar-refractivity contribution in [2.75, 3.05) is 0 Å². The lowest BCUT2D eigenvalue weighted by atomic mass is 10.0. The summed E-state index contributed by atoms with van der Waals surface area (Å²) >= 11 is 0. The summed E-state index contributed by atoms with van der Waals surface area (Å²) in [6.07, 6.45) is 4.66. The normalized spacial score (nSPS) is 21.5. The lowest BCUT2D eigenvalue weighted by molar-refractivity contribution is 0.0961. The monoisotopic (exact) mass is 291 g/mol. The maximum Gasteiger partial charge on any atom is 0.414 e. The van der Waals surface area contributed by atoms with Gasteiger partial charge < -0.3 is 4.74 Å². The standard InChI is InChI=1S/C19H17NO2/c21-19(22-13-14-6-2-1-3-7-14)20-11-10-15-12-18(20)17-9-5-4-8-16(15)17/h1-11,15,18H,12-13H2. The molecule has 2 aliphatic rings. The second-order valence-corrected chi connectivity index (χ2v) is 5.78. The van der Waals surface area contributed by atoms with E-state index < -0.39 is 0 Å². The highest BCUT2D eigenvalue weighted by molar-refractivity contribution is 5.71. The first-order valence-electron chi connectivity index (χ1n) is 7.59. The van der Waals surface area contributed by atoms with Crippen LogP contribution < -0.4 is 0 Å². The summed E-state index contributed by atoms with van der Waals surface area (Å²) in [6, 6.07) is 18.2. The average molecular weight is 291 g/mol. The second kappa shape index (κ2) is 5.34. The summed E-state index contributed by atoms with van der Waals surface area (Å²) in [5, 5.41) is 0. The highest BCUT2D eigenvalue weighted by Crippen LogP contribution is 2.47. The highest BCUT2D eigenvalue weighted by atomic mass is 16.6. The molecule has 1 aliphatic carbocycles. The summed E-state index contributed by atoms with van der Waals surface area (Å²) in [6.45, 7) is 0.307. The Kier molecular flexibility index (Phi) is 3.19. The van der Waals surface area contributed by atoms with Crippen LogP contribution in [-0.4, -0.2) is 11.0 Å². The molecule has 0 saturated heterocycles. The quantitative estimate of drug-likeness (QED) is 0.821. The van der Waals surface area contributed by atoms with Crippen molar-refractivity contribution in [1.82, 2.24) is 4.90 Å². The molecule has 0 aromatic heterocycles. The summed E-state index contributed by atoms with van der Waals surface area (Å²) in [5.41, 5.74) is 3.58. The molecule has 0 radical (unpaired) electrons. The molecular weight excluding hydrogens is 274 g/mol. The number of amides is 1. The lowest BCUT2D eigenvalue weighted by Crippen LogP contribution is -2.31. The summed E-state index contributed by atoms with van der Waals surface area (Å²) in [4.78, 5) is 14.1. The fourth-order valence-electron chi connectivity index (χ4n) is 3.37. The molecule has 2 bridgehead atoms. The summed E-state index contributed by atoms with van der Waals surface area (Å²) in [7, 11) is 0. The molecule has 110 valence electrons. The van der Waals surface area contributed by atoms with Gasteiger partial charge in [-0.3, -0.25) is 4.90 Å². The van der Waals surface area contributed by atoms with E-state index in [0.717, 1.165) is 12.0 Å². The molecule has 4 rings (SSSR count). The number of hydrogen-bond donors (Lipinski definition) is 0. The third-order valence-corrected chi connectivity index (χ3v) is 4.46. The van der Waals surface area contributed by atoms with Gasteiger partial charge in [0.15, 0.2) is 0 Å². The van der Waals surface area contributed by atoms with E-state index in [2.05, 4.69) is 24.3 Å². The highest BCUT2D eigenvalue weighted by Gasteiger charge is 2.38. The minimum atomic E-state index is -0.278. The predicted octanol–water partition coefficient (Wildman–Crippen LogP) is 4.38. The molecule has 0 spiro atoms. The molecule has 0 saturated carbocycles. The van der Waals surface area contributed by atoms with Gasteiger partial charge in [0.1, 0.15) is 6.61 Å². The van der Waals surface area contributed by atoms with Crippen molar-refractivity contribution in [2.24, 2.45) is 0 Å². The molecule has 22 heavy (non-hydrogen) atoms. The fourth-order valence-corrected chi connectivity index (χ4v) is 3.37. The van der Waals surface area contributed by atoms with E-state index in [1.54, 1.807) is 4.90 Å². The Hall–Kier alpha value is -2.55. The molecule has 3 nitrogen and oxygen atoms in total. The van der Waals surface area contributed by atoms with Crippen LogP contribution in [0.1, 0.15) is 35.1 Å². The van der Waals surface area contributed by atoms with Crippen molar-refractivity contribution in [3.8, 4) is 0 Å². The number of benzene rings is 2. The largest absolute Gasteiger partial charge is 0.444 e. The van der Waals surface area contributed by atoms with Crippen LogP contribution in [0.5, 0.6) is 0 Å². The number of allylic oxidation sites excluding steroid dienone is 1. The first kappa shape index (κ1) is 13.1. The van der Waals surface area contributed by atoms with Gasteiger partial charge in [0.2, 0.25) is 0 Å². The van der Waals surface area contributed by atoms with Crippen LogP contribution in [-0.2, 0) is 11.3 Å². The van der Waals surface area contributed by atoms with Crippen molar-refractivity contribution in [1.29, 1.82) is 0 Å². The van der Waals surface area contributed by atoms with Crippen molar-refractivity contribution >= 4 is 6.09 Å². The van der Waals surface area contributed by atoms with E-state index in [4.69, 9.17) is 4.74 Å². The third-order valence-electron chi connectivity index (χ3n) is 4.46. The Morgan fingerprint density at radius 1 is 1.05 bits per heavy atom. The summed E-state index contributed by atoms with van der Waals surface area (Å²) < 4.78 is 5.47. The van der Waals surface area contributed by atoms with Crippen LogP contribution in [0.4, 0.5) is 4.79 Å². The number of hydrogen-bond acceptors (Lipinski definition) is 2.